The normalized spacial score (nSPS) is 11.3. The highest BCUT2D eigenvalue weighted by Gasteiger charge is 2.09. The molecule has 0 radical (unpaired) electrons. The molecule has 0 atom stereocenters. The molecule has 2 aromatic carbocycles. The van der Waals surface area contributed by atoms with Crippen LogP contribution in [0.5, 0.6) is 11.5 Å². The van der Waals surface area contributed by atoms with E-state index in [0.717, 1.165) is 5.56 Å². The zero-order valence-corrected chi connectivity index (χ0v) is 12.2. The molecule has 0 aliphatic rings. The molecule has 0 amide bonds. The van der Waals surface area contributed by atoms with Crippen molar-refractivity contribution < 1.29 is 10.2 Å². The number of nitrogen functional groups attached to an aromatic ring is 1. The molecule has 0 spiro atoms. The van der Waals surface area contributed by atoms with Gasteiger partial charge in [0.1, 0.15) is 11.3 Å². The zero-order valence-electron chi connectivity index (χ0n) is 11.5. The number of aromatic hydroxyl groups is 2. The molecule has 1 heterocycles. The van der Waals surface area contributed by atoms with Gasteiger partial charge < -0.3 is 15.9 Å². The number of fused-ring (bicyclic) bond motifs is 1. The third-order valence-corrected chi connectivity index (χ3v) is 3.61. The highest BCUT2D eigenvalue weighted by Crippen LogP contribution is 2.35. The first-order valence-corrected chi connectivity index (χ1v) is 6.97. The van der Waals surface area contributed by atoms with E-state index in [1.165, 1.54) is 6.07 Å². The second-order valence-corrected chi connectivity index (χ2v) is 5.26. The van der Waals surface area contributed by atoms with Crippen molar-refractivity contribution in [3.8, 4) is 11.5 Å². The Bertz CT molecular complexity index is 874. The molecule has 5 heteroatoms. The van der Waals surface area contributed by atoms with Gasteiger partial charge >= 0.3 is 0 Å². The van der Waals surface area contributed by atoms with Crippen LogP contribution in [0.4, 0.5) is 5.69 Å². The first-order chi connectivity index (χ1) is 10.5. The van der Waals surface area contributed by atoms with E-state index in [9.17, 15) is 10.2 Å². The molecule has 4 N–H and O–H groups in total. The Morgan fingerprint density at radius 2 is 1.73 bits per heavy atom. The summed E-state index contributed by atoms with van der Waals surface area (Å²) in [5.41, 5.74) is 7.86. The van der Waals surface area contributed by atoms with E-state index in [4.69, 9.17) is 17.3 Å². The summed E-state index contributed by atoms with van der Waals surface area (Å²) >= 11 is 6.10. The Balaban J connectivity index is 2.01. The molecule has 1 aromatic heterocycles. The SMILES string of the molecule is Nc1cc(Cl)c2ccc(/C=C/c3ccc(O)cc3)nc2c1O. The Kier molecular flexibility index (Phi) is 3.61. The van der Waals surface area contributed by atoms with Crippen LogP contribution in [0.2, 0.25) is 5.02 Å². The monoisotopic (exact) mass is 312 g/mol. The van der Waals surface area contributed by atoms with Crippen LogP contribution in [0.25, 0.3) is 23.1 Å². The number of hydrogen-bond donors (Lipinski definition) is 3. The summed E-state index contributed by atoms with van der Waals surface area (Å²) < 4.78 is 0. The molecule has 0 aliphatic carbocycles. The van der Waals surface area contributed by atoms with Gasteiger partial charge in [0.05, 0.1) is 16.4 Å². The molecule has 110 valence electrons. The van der Waals surface area contributed by atoms with Crippen molar-refractivity contribution in [1.82, 2.24) is 4.98 Å². The Labute approximate surface area is 132 Å². The second kappa shape index (κ2) is 5.58. The number of phenols is 2. The van der Waals surface area contributed by atoms with Gasteiger partial charge in [-0.05, 0) is 42.0 Å². The van der Waals surface area contributed by atoms with Crippen LogP contribution in [-0.4, -0.2) is 15.2 Å². The number of phenolic OH excluding ortho intramolecular Hbond substituents is 2. The van der Waals surface area contributed by atoms with E-state index in [1.54, 1.807) is 36.4 Å². The van der Waals surface area contributed by atoms with Gasteiger partial charge in [-0.3, -0.25) is 0 Å². The average Bonchev–Trinajstić information content (AvgIpc) is 2.52. The van der Waals surface area contributed by atoms with Gasteiger partial charge in [-0.1, -0.05) is 29.8 Å². The van der Waals surface area contributed by atoms with Gasteiger partial charge in [0.15, 0.2) is 5.75 Å². The fraction of sp³-hybridized carbons (Fsp3) is 0. The number of nitrogens with two attached hydrogens (primary N) is 1. The molecule has 4 nitrogen and oxygen atoms in total. The zero-order chi connectivity index (χ0) is 15.7. The summed E-state index contributed by atoms with van der Waals surface area (Å²) in [4.78, 5) is 4.38. The standard InChI is InChI=1S/C17H13ClN2O2/c18-14-9-15(19)17(22)16-13(14)8-5-11(20-16)4-1-10-2-6-12(21)7-3-10/h1-9,21-22H,19H2/b4-1+. The maximum atomic E-state index is 10.0. The van der Waals surface area contributed by atoms with Crippen molar-refractivity contribution in [3.05, 3.63) is 58.7 Å². The quantitative estimate of drug-likeness (QED) is 0.492. The molecule has 0 bridgehead atoms. The minimum Gasteiger partial charge on any atom is -0.508 e. The van der Waals surface area contributed by atoms with Gasteiger partial charge in [-0.2, -0.15) is 0 Å². The van der Waals surface area contributed by atoms with E-state index in [1.807, 2.05) is 12.2 Å². The number of rotatable bonds is 2. The molecule has 0 saturated carbocycles. The Morgan fingerprint density at radius 1 is 1.00 bits per heavy atom. The topological polar surface area (TPSA) is 79.4 Å². The number of hydrogen-bond acceptors (Lipinski definition) is 4. The highest BCUT2D eigenvalue weighted by atomic mass is 35.5. The van der Waals surface area contributed by atoms with Crippen molar-refractivity contribution in [1.29, 1.82) is 0 Å². The maximum absolute atomic E-state index is 10.0. The van der Waals surface area contributed by atoms with Gasteiger partial charge in [-0.15, -0.1) is 0 Å². The largest absolute Gasteiger partial charge is 0.508 e. The van der Waals surface area contributed by atoms with Gasteiger partial charge in [0.2, 0.25) is 0 Å². The van der Waals surface area contributed by atoms with Gasteiger partial charge in [0.25, 0.3) is 0 Å². The molecular formula is C17H13ClN2O2. The minimum atomic E-state index is -0.0701. The van der Waals surface area contributed by atoms with E-state index < -0.39 is 0 Å². The highest BCUT2D eigenvalue weighted by molar-refractivity contribution is 6.36. The van der Waals surface area contributed by atoms with Gasteiger partial charge in [-0.25, -0.2) is 4.98 Å². The minimum absolute atomic E-state index is 0.0701. The number of halogens is 1. The van der Waals surface area contributed by atoms with Crippen LogP contribution in [0, 0.1) is 0 Å². The lowest BCUT2D eigenvalue weighted by molar-refractivity contribution is 0.475. The average molecular weight is 313 g/mol. The summed E-state index contributed by atoms with van der Waals surface area (Å²) in [7, 11) is 0. The molecule has 0 unspecified atom stereocenters. The number of pyridine rings is 1. The summed E-state index contributed by atoms with van der Waals surface area (Å²) in [6.45, 7) is 0. The Morgan fingerprint density at radius 3 is 2.45 bits per heavy atom. The van der Waals surface area contributed by atoms with Crippen molar-refractivity contribution in [3.63, 3.8) is 0 Å². The van der Waals surface area contributed by atoms with Crippen LogP contribution in [0.1, 0.15) is 11.3 Å². The van der Waals surface area contributed by atoms with Crippen molar-refractivity contribution in [2.45, 2.75) is 0 Å². The van der Waals surface area contributed by atoms with Crippen LogP contribution >= 0.6 is 11.6 Å². The number of aromatic nitrogens is 1. The van der Waals surface area contributed by atoms with Crippen LogP contribution in [-0.2, 0) is 0 Å². The smallest absolute Gasteiger partial charge is 0.165 e. The molecule has 22 heavy (non-hydrogen) atoms. The third kappa shape index (κ3) is 2.69. The Hall–Kier alpha value is -2.72. The molecule has 0 saturated heterocycles. The molecule has 3 rings (SSSR count). The number of nitrogens with zero attached hydrogens (tertiary/aromatic N) is 1. The summed E-state index contributed by atoms with van der Waals surface area (Å²) in [6, 6.07) is 11.9. The van der Waals surface area contributed by atoms with Crippen molar-refractivity contribution >= 4 is 40.3 Å². The van der Waals surface area contributed by atoms with E-state index >= 15 is 0 Å². The van der Waals surface area contributed by atoms with Crippen molar-refractivity contribution in [2.75, 3.05) is 5.73 Å². The summed E-state index contributed by atoms with van der Waals surface area (Å²) in [5, 5.41) is 20.4. The molecule has 0 fully saturated rings. The maximum Gasteiger partial charge on any atom is 0.165 e. The van der Waals surface area contributed by atoms with Crippen molar-refractivity contribution in [2.24, 2.45) is 0 Å². The van der Waals surface area contributed by atoms with Gasteiger partial charge in [0, 0.05) is 5.39 Å². The number of anilines is 1. The first-order valence-electron chi connectivity index (χ1n) is 6.59. The lowest BCUT2D eigenvalue weighted by atomic mass is 10.1. The molecular weight excluding hydrogens is 300 g/mol. The summed E-state index contributed by atoms with van der Waals surface area (Å²) in [6.07, 6.45) is 3.67. The lowest BCUT2D eigenvalue weighted by Gasteiger charge is -2.06. The van der Waals surface area contributed by atoms with E-state index in [-0.39, 0.29) is 17.2 Å². The third-order valence-electron chi connectivity index (χ3n) is 3.29. The predicted octanol–water partition coefficient (Wildman–Crippen LogP) is 4.05. The lowest BCUT2D eigenvalue weighted by Crippen LogP contribution is -1.91. The van der Waals surface area contributed by atoms with E-state index in [0.29, 0.717) is 21.6 Å². The fourth-order valence-electron chi connectivity index (χ4n) is 2.13. The molecule has 0 aliphatic heterocycles. The first kappa shape index (κ1) is 14.2. The predicted molar refractivity (Wildman–Crippen MR) is 89.9 cm³/mol. The fourth-order valence-corrected chi connectivity index (χ4v) is 2.40. The van der Waals surface area contributed by atoms with Crippen LogP contribution < -0.4 is 5.73 Å². The van der Waals surface area contributed by atoms with E-state index in [2.05, 4.69) is 4.98 Å². The molecule has 3 aromatic rings. The summed E-state index contributed by atoms with van der Waals surface area (Å²) in [5.74, 6) is 0.148. The van der Waals surface area contributed by atoms with Crippen LogP contribution in [0.3, 0.4) is 0 Å². The van der Waals surface area contributed by atoms with Crippen LogP contribution in [0.15, 0.2) is 42.5 Å². The second-order valence-electron chi connectivity index (χ2n) is 4.85. The number of benzene rings is 2.